The number of anilines is 1. The van der Waals surface area contributed by atoms with Gasteiger partial charge in [-0.25, -0.2) is 9.69 Å². The van der Waals surface area contributed by atoms with Crippen LogP contribution in [0.3, 0.4) is 0 Å². The van der Waals surface area contributed by atoms with Gasteiger partial charge in [0.25, 0.3) is 11.8 Å². The Bertz CT molecular complexity index is 1300. The van der Waals surface area contributed by atoms with Crippen molar-refractivity contribution in [1.82, 2.24) is 9.88 Å². The molecule has 0 saturated carbocycles. The summed E-state index contributed by atoms with van der Waals surface area (Å²) >= 11 is 6.02. The van der Waals surface area contributed by atoms with E-state index in [0.29, 0.717) is 22.2 Å². The number of aryl methyl sites for hydroxylation is 1. The second-order valence-electron chi connectivity index (χ2n) is 8.50. The molecule has 0 unspecified atom stereocenters. The number of carbonyl (C=O) groups excluding carboxylic acids is 3. The highest BCUT2D eigenvalue weighted by molar-refractivity contribution is 6.39. The van der Waals surface area contributed by atoms with Crippen molar-refractivity contribution in [2.24, 2.45) is 0 Å². The molecule has 6 nitrogen and oxygen atoms in total. The van der Waals surface area contributed by atoms with Crippen LogP contribution >= 0.6 is 11.6 Å². The number of urea groups is 1. The minimum Gasteiger partial charge on any atom is -0.318 e. The minimum atomic E-state index is -0.755. The van der Waals surface area contributed by atoms with Gasteiger partial charge >= 0.3 is 6.03 Å². The first-order chi connectivity index (χ1) is 16.2. The van der Waals surface area contributed by atoms with Crippen LogP contribution < -0.4 is 10.2 Å². The van der Waals surface area contributed by atoms with E-state index >= 15 is 0 Å². The number of barbiturate groups is 1. The summed E-state index contributed by atoms with van der Waals surface area (Å²) in [5.74, 6) is -0.993. The van der Waals surface area contributed by atoms with Crippen molar-refractivity contribution in [2.45, 2.75) is 40.0 Å². The summed E-state index contributed by atoms with van der Waals surface area (Å²) in [6.45, 7) is 8.08. The van der Waals surface area contributed by atoms with Crippen molar-refractivity contribution in [3.8, 4) is 5.69 Å². The quantitative estimate of drug-likeness (QED) is 0.367. The molecule has 4 rings (SSSR count). The number of carbonyl (C=O) groups is 3. The van der Waals surface area contributed by atoms with Gasteiger partial charge in [-0.2, -0.15) is 0 Å². The van der Waals surface area contributed by atoms with Crippen LogP contribution in [0.1, 0.15) is 48.7 Å². The largest absolute Gasteiger partial charge is 0.335 e. The summed E-state index contributed by atoms with van der Waals surface area (Å²) in [5, 5.41) is 2.93. The number of benzene rings is 2. The van der Waals surface area contributed by atoms with Crippen LogP contribution in [0.25, 0.3) is 11.8 Å². The molecule has 1 aliphatic rings. The van der Waals surface area contributed by atoms with Crippen LogP contribution in [0, 0.1) is 13.8 Å². The Morgan fingerprint density at radius 1 is 0.971 bits per heavy atom. The van der Waals surface area contributed by atoms with Crippen LogP contribution in [-0.4, -0.2) is 22.4 Å². The van der Waals surface area contributed by atoms with Gasteiger partial charge in [0.15, 0.2) is 0 Å². The van der Waals surface area contributed by atoms with E-state index in [4.69, 9.17) is 11.6 Å². The SMILES string of the molecule is CC[C@@H](C)c1ccc(N2C(=O)NC(=O)/C(=C\c3cc(C)n(-c4ccc(Cl)cc4)c3C)C2=O)cc1. The number of hydrogen-bond donors (Lipinski definition) is 1. The third-order valence-electron chi connectivity index (χ3n) is 6.29. The fourth-order valence-corrected chi connectivity index (χ4v) is 4.28. The lowest BCUT2D eigenvalue weighted by molar-refractivity contribution is -0.122. The normalized spacial score (nSPS) is 16.2. The van der Waals surface area contributed by atoms with Gasteiger partial charge < -0.3 is 4.57 Å². The zero-order valence-electron chi connectivity index (χ0n) is 19.6. The van der Waals surface area contributed by atoms with Crippen LogP contribution in [0.2, 0.25) is 5.02 Å². The monoisotopic (exact) mass is 475 g/mol. The first-order valence-electron chi connectivity index (χ1n) is 11.2. The van der Waals surface area contributed by atoms with Gasteiger partial charge in [0, 0.05) is 22.1 Å². The number of rotatable bonds is 5. The summed E-state index contributed by atoms with van der Waals surface area (Å²) in [7, 11) is 0. The van der Waals surface area contributed by atoms with E-state index in [-0.39, 0.29) is 5.57 Å². The Hall–Kier alpha value is -3.64. The molecule has 4 amide bonds. The van der Waals surface area contributed by atoms with E-state index < -0.39 is 17.8 Å². The van der Waals surface area contributed by atoms with Crippen molar-refractivity contribution in [1.29, 1.82) is 0 Å². The predicted molar refractivity (Wildman–Crippen MR) is 134 cm³/mol. The smallest absolute Gasteiger partial charge is 0.318 e. The Morgan fingerprint density at radius 2 is 1.59 bits per heavy atom. The lowest BCUT2D eigenvalue weighted by atomic mass is 9.98. The van der Waals surface area contributed by atoms with Gasteiger partial charge in [-0.05, 0) is 85.9 Å². The van der Waals surface area contributed by atoms with Gasteiger partial charge in [0.2, 0.25) is 0 Å². The molecule has 2 aromatic carbocycles. The Balaban J connectivity index is 1.70. The molecule has 7 heteroatoms. The molecule has 1 aromatic heterocycles. The molecule has 0 aliphatic carbocycles. The minimum absolute atomic E-state index is 0.0954. The van der Waals surface area contributed by atoms with Crippen molar-refractivity contribution >= 4 is 41.2 Å². The van der Waals surface area contributed by atoms with Gasteiger partial charge in [0.1, 0.15) is 5.57 Å². The highest BCUT2D eigenvalue weighted by Crippen LogP contribution is 2.28. The van der Waals surface area contributed by atoms with E-state index in [9.17, 15) is 14.4 Å². The average molecular weight is 476 g/mol. The summed E-state index contributed by atoms with van der Waals surface area (Å²) in [6, 6.07) is 15.9. The highest BCUT2D eigenvalue weighted by Gasteiger charge is 2.37. The Kier molecular flexibility index (Phi) is 6.44. The van der Waals surface area contributed by atoms with Crippen molar-refractivity contribution in [3.05, 3.63) is 87.7 Å². The number of imide groups is 2. The molecule has 3 aromatic rings. The molecule has 2 heterocycles. The van der Waals surface area contributed by atoms with Gasteiger partial charge in [-0.1, -0.05) is 37.6 Å². The molecule has 0 radical (unpaired) electrons. The van der Waals surface area contributed by atoms with Crippen LogP contribution in [0.4, 0.5) is 10.5 Å². The number of hydrogen-bond acceptors (Lipinski definition) is 3. The number of nitrogens with one attached hydrogen (secondary N) is 1. The number of nitrogens with zero attached hydrogens (tertiary/aromatic N) is 2. The molecule has 1 N–H and O–H groups in total. The zero-order valence-corrected chi connectivity index (χ0v) is 20.3. The van der Waals surface area contributed by atoms with E-state index in [1.54, 1.807) is 18.2 Å². The molecular formula is C27H26ClN3O3. The third kappa shape index (κ3) is 4.29. The molecule has 1 atom stereocenters. The van der Waals surface area contributed by atoms with Gasteiger partial charge in [-0.15, -0.1) is 0 Å². The molecule has 1 fully saturated rings. The van der Waals surface area contributed by atoms with E-state index in [1.807, 2.05) is 60.9 Å². The molecule has 0 bridgehead atoms. The lowest BCUT2D eigenvalue weighted by Gasteiger charge is -2.26. The topological polar surface area (TPSA) is 71.4 Å². The molecule has 1 saturated heterocycles. The molecule has 1 aliphatic heterocycles. The van der Waals surface area contributed by atoms with Crippen LogP contribution in [0.15, 0.2) is 60.2 Å². The number of halogens is 1. The lowest BCUT2D eigenvalue weighted by Crippen LogP contribution is -2.54. The summed E-state index contributed by atoms with van der Waals surface area (Å²) < 4.78 is 2.02. The fraction of sp³-hybridized carbons (Fsp3) is 0.222. The van der Waals surface area contributed by atoms with E-state index in [2.05, 4.69) is 19.2 Å². The van der Waals surface area contributed by atoms with Crippen molar-refractivity contribution in [3.63, 3.8) is 0 Å². The summed E-state index contributed by atoms with van der Waals surface area (Å²) in [5.41, 5.74) is 4.87. The van der Waals surface area contributed by atoms with E-state index in [0.717, 1.165) is 34.0 Å². The maximum atomic E-state index is 13.3. The average Bonchev–Trinajstić information content (AvgIpc) is 3.09. The maximum absolute atomic E-state index is 13.3. The second kappa shape index (κ2) is 9.31. The number of aromatic nitrogens is 1. The first-order valence-corrected chi connectivity index (χ1v) is 11.5. The molecule has 0 spiro atoms. The van der Waals surface area contributed by atoms with Crippen molar-refractivity contribution < 1.29 is 14.4 Å². The Labute approximate surface area is 203 Å². The van der Waals surface area contributed by atoms with Crippen LogP contribution in [-0.2, 0) is 9.59 Å². The fourth-order valence-electron chi connectivity index (χ4n) is 4.16. The van der Waals surface area contributed by atoms with Crippen LogP contribution in [0.5, 0.6) is 0 Å². The molecule has 34 heavy (non-hydrogen) atoms. The Morgan fingerprint density at radius 3 is 2.21 bits per heavy atom. The van der Waals surface area contributed by atoms with E-state index in [1.165, 1.54) is 0 Å². The maximum Gasteiger partial charge on any atom is 0.335 e. The second-order valence-corrected chi connectivity index (χ2v) is 8.93. The standard InChI is InChI=1S/C27H26ClN3O3/c1-5-16(2)19-6-10-23(11-7-19)31-26(33)24(25(32)29-27(31)34)15-20-14-17(3)30(18(20)4)22-12-8-21(28)9-13-22/h6-16H,5H2,1-4H3,(H,29,32,34)/b24-15+/t16-/m1/s1. The predicted octanol–water partition coefficient (Wildman–Crippen LogP) is 5.93. The van der Waals surface area contributed by atoms with Gasteiger partial charge in [0.05, 0.1) is 5.69 Å². The third-order valence-corrected chi connectivity index (χ3v) is 6.54. The molecular weight excluding hydrogens is 450 g/mol. The first kappa shape index (κ1) is 23.5. The van der Waals surface area contributed by atoms with Crippen molar-refractivity contribution in [2.75, 3.05) is 4.90 Å². The molecule has 174 valence electrons. The summed E-state index contributed by atoms with van der Waals surface area (Å²) in [6.07, 6.45) is 2.53. The zero-order chi connectivity index (χ0) is 24.6. The summed E-state index contributed by atoms with van der Waals surface area (Å²) in [4.78, 5) is 39.5. The number of amides is 4. The van der Waals surface area contributed by atoms with Gasteiger partial charge in [-0.3, -0.25) is 14.9 Å². The highest BCUT2D eigenvalue weighted by atomic mass is 35.5.